The molecule has 1 aromatic rings. The summed E-state index contributed by atoms with van der Waals surface area (Å²) in [6.45, 7) is 8.94. The lowest BCUT2D eigenvalue weighted by atomic mass is 10.0. The number of rotatable bonds is 5. The van der Waals surface area contributed by atoms with Crippen molar-refractivity contribution in [3.63, 3.8) is 0 Å². The van der Waals surface area contributed by atoms with Crippen LogP contribution in [0.2, 0.25) is 0 Å². The quantitative estimate of drug-likeness (QED) is 0.794. The van der Waals surface area contributed by atoms with Crippen molar-refractivity contribution in [3.8, 4) is 0 Å². The van der Waals surface area contributed by atoms with Gasteiger partial charge in [0.1, 0.15) is 5.82 Å². The molecule has 1 aliphatic rings. The van der Waals surface area contributed by atoms with Gasteiger partial charge < -0.3 is 16.0 Å². The van der Waals surface area contributed by atoms with Crippen LogP contribution in [0, 0.1) is 12.8 Å². The van der Waals surface area contributed by atoms with Crippen LogP contribution in [0.3, 0.4) is 0 Å². The largest absolute Gasteiger partial charge is 0.370 e. The number of nitrogens with zero attached hydrogens (tertiary/aromatic N) is 3. The minimum Gasteiger partial charge on any atom is -0.370 e. The van der Waals surface area contributed by atoms with Crippen LogP contribution in [0.25, 0.3) is 0 Å². The SMILES string of the molecule is Cc1cnc(N)nc1NCCCN1CCC[C@H](C)C1. The molecule has 0 aromatic carbocycles. The van der Waals surface area contributed by atoms with Crippen LogP contribution in [0.1, 0.15) is 31.7 Å². The Balaban J connectivity index is 1.70. The molecule has 1 aromatic heterocycles. The van der Waals surface area contributed by atoms with E-state index in [4.69, 9.17) is 5.73 Å². The number of hydrogen-bond acceptors (Lipinski definition) is 5. The smallest absolute Gasteiger partial charge is 0.221 e. The highest BCUT2D eigenvalue weighted by atomic mass is 15.1. The summed E-state index contributed by atoms with van der Waals surface area (Å²) in [6, 6.07) is 0. The van der Waals surface area contributed by atoms with E-state index in [0.717, 1.165) is 36.8 Å². The highest BCUT2D eigenvalue weighted by Gasteiger charge is 2.15. The Bertz CT molecular complexity index is 407. The minimum absolute atomic E-state index is 0.331. The molecule has 106 valence electrons. The fourth-order valence-electron chi connectivity index (χ4n) is 2.63. The van der Waals surface area contributed by atoms with E-state index in [-0.39, 0.29) is 0 Å². The second-order valence-corrected chi connectivity index (χ2v) is 5.59. The number of nitrogens with two attached hydrogens (primary N) is 1. The predicted molar refractivity (Wildman–Crippen MR) is 79.1 cm³/mol. The molecule has 1 aliphatic heterocycles. The first kappa shape index (κ1) is 14.1. The van der Waals surface area contributed by atoms with Gasteiger partial charge >= 0.3 is 0 Å². The van der Waals surface area contributed by atoms with Crippen molar-refractivity contribution in [2.24, 2.45) is 5.92 Å². The van der Waals surface area contributed by atoms with E-state index < -0.39 is 0 Å². The average molecular weight is 263 g/mol. The number of aryl methyl sites for hydroxylation is 1. The highest BCUT2D eigenvalue weighted by Crippen LogP contribution is 2.15. The van der Waals surface area contributed by atoms with Gasteiger partial charge in [0.25, 0.3) is 0 Å². The minimum atomic E-state index is 0.331. The summed E-state index contributed by atoms with van der Waals surface area (Å²) in [5, 5.41) is 3.35. The van der Waals surface area contributed by atoms with Gasteiger partial charge in [-0.05, 0) is 45.2 Å². The molecule has 1 saturated heterocycles. The molecule has 2 heterocycles. The Hall–Kier alpha value is -1.36. The number of nitrogens with one attached hydrogen (secondary N) is 1. The van der Waals surface area contributed by atoms with Crippen LogP contribution >= 0.6 is 0 Å². The maximum absolute atomic E-state index is 5.59. The van der Waals surface area contributed by atoms with Crippen molar-refractivity contribution in [1.82, 2.24) is 14.9 Å². The molecule has 1 fully saturated rings. The van der Waals surface area contributed by atoms with Crippen LogP contribution in [0.15, 0.2) is 6.20 Å². The van der Waals surface area contributed by atoms with E-state index >= 15 is 0 Å². The van der Waals surface area contributed by atoms with Gasteiger partial charge in [0, 0.05) is 24.8 Å². The van der Waals surface area contributed by atoms with Crippen LogP contribution in [-0.2, 0) is 0 Å². The summed E-state index contributed by atoms with van der Waals surface area (Å²) in [5.74, 6) is 2.04. The van der Waals surface area contributed by atoms with Crippen molar-refractivity contribution in [1.29, 1.82) is 0 Å². The van der Waals surface area contributed by atoms with Gasteiger partial charge in [-0.1, -0.05) is 6.92 Å². The van der Waals surface area contributed by atoms with Crippen molar-refractivity contribution >= 4 is 11.8 Å². The third kappa shape index (κ3) is 4.35. The zero-order chi connectivity index (χ0) is 13.7. The fraction of sp³-hybridized carbons (Fsp3) is 0.714. The van der Waals surface area contributed by atoms with Gasteiger partial charge in [-0.2, -0.15) is 4.98 Å². The summed E-state index contributed by atoms with van der Waals surface area (Å²) in [5.41, 5.74) is 6.64. The summed E-state index contributed by atoms with van der Waals surface area (Å²) in [4.78, 5) is 10.7. The first-order valence-electron chi connectivity index (χ1n) is 7.20. The second kappa shape index (κ2) is 6.70. The lowest BCUT2D eigenvalue weighted by Crippen LogP contribution is -2.35. The third-order valence-corrected chi connectivity index (χ3v) is 3.68. The molecule has 0 unspecified atom stereocenters. The molecule has 0 aliphatic carbocycles. The molecular weight excluding hydrogens is 238 g/mol. The number of aromatic nitrogens is 2. The maximum Gasteiger partial charge on any atom is 0.221 e. The van der Waals surface area contributed by atoms with Crippen LogP contribution in [0.5, 0.6) is 0 Å². The van der Waals surface area contributed by atoms with E-state index in [1.54, 1.807) is 6.20 Å². The molecule has 5 nitrogen and oxygen atoms in total. The monoisotopic (exact) mass is 263 g/mol. The molecule has 0 saturated carbocycles. The van der Waals surface area contributed by atoms with Crippen molar-refractivity contribution in [2.45, 2.75) is 33.1 Å². The van der Waals surface area contributed by atoms with Gasteiger partial charge in [0.2, 0.25) is 5.95 Å². The first-order chi connectivity index (χ1) is 9.15. The van der Waals surface area contributed by atoms with Crippen LogP contribution in [0.4, 0.5) is 11.8 Å². The van der Waals surface area contributed by atoms with Gasteiger partial charge in [-0.3, -0.25) is 0 Å². The fourth-order valence-corrected chi connectivity index (χ4v) is 2.63. The number of piperidine rings is 1. The van der Waals surface area contributed by atoms with E-state index in [1.807, 2.05) is 6.92 Å². The first-order valence-corrected chi connectivity index (χ1v) is 7.20. The molecule has 2 rings (SSSR count). The molecule has 19 heavy (non-hydrogen) atoms. The highest BCUT2D eigenvalue weighted by molar-refractivity contribution is 5.44. The molecule has 1 atom stereocenters. The van der Waals surface area contributed by atoms with Gasteiger partial charge in [-0.25, -0.2) is 4.98 Å². The molecule has 0 spiro atoms. The molecule has 5 heteroatoms. The Kier molecular flexibility index (Phi) is 4.96. The average Bonchev–Trinajstić information content (AvgIpc) is 2.39. The summed E-state index contributed by atoms with van der Waals surface area (Å²) in [7, 11) is 0. The van der Waals surface area contributed by atoms with Crippen LogP contribution < -0.4 is 11.1 Å². The lowest BCUT2D eigenvalue weighted by molar-refractivity contribution is 0.183. The topological polar surface area (TPSA) is 67.1 Å². The van der Waals surface area contributed by atoms with Crippen molar-refractivity contribution in [3.05, 3.63) is 11.8 Å². The summed E-state index contributed by atoms with van der Waals surface area (Å²) in [6.07, 6.45) is 5.62. The second-order valence-electron chi connectivity index (χ2n) is 5.59. The molecule has 0 bridgehead atoms. The molecule has 0 radical (unpaired) electrons. The van der Waals surface area contributed by atoms with Gasteiger partial charge in [0.15, 0.2) is 0 Å². The Morgan fingerprint density at radius 1 is 1.53 bits per heavy atom. The number of anilines is 2. The standard InChI is InChI=1S/C14H25N5/c1-11-5-3-7-19(10-11)8-4-6-16-13-12(2)9-17-14(15)18-13/h9,11H,3-8,10H2,1-2H3,(H3,15,16,17,18)/t11-/m0/s1. The van der Waals surface area contributed by atoms with E-state index in [2.05, 4.69) is 27.1 Å². The summed E-state index contributed by atoms with van der Waals surface area (Å²) < 4.78 is 0. The normalized spacial score (nSPS) is 20.4. The molecule has 0 amide bonds. The Labute approximate surface area is 115 Å². The van der Waals surface area contributed by atoms with Crippen molar-refractivity contribution < 1.29 is 0 Å². The van der Waals surface area contributed by atoms with E-state index in [0.29, 0.717) is 5.95 Å². The third-order valence-electron chi connectivity index (χ3n) is 3.68. The van der Waals surface area contributed by atoms with Gasteiger partial charge in [-0.15, -0.1) is 0 Å². The number of hydrogen-bond donors (Lipinski definition) is 2. The van der Waals surface area contributed by atoms with E-state index in [9.17, 15) is 0 Å². The van der Waals surface area contributed by atoms with Crippen LogP contribution in [-0.4, -0.2) is 41.0 Å². The molecular formula is C14H25N5. The van der Waals surface area contributed by atoms with Crippen molar-refractivity contribution in [2.75, 3.05) is 37.2 Å². The predicted octanol–water partition coefficient (Wildman–Crippen LogP) is 1.90. The van der Waals surface area contributed by atoms with E-state index in [1.165, 1.54) is 25.9 Å². The van der Waals surface area contributed by atoms with Gasteiger partial charge in [0.05, 0.1) is 0 Å². The zero-order valence-electron chi connectivity index (χ0n) is 12.0. The summed E-state index contributed by atoms with van der Waals surface area (Å²) >= 11 is 0. The number of likely N-dealkylation sites (tertiary alicyclic amines) is 1. The maximum atomic E-state index is 5.59. The Morgan fingerprint density at radius 2 is 2.37 bits per heavy atom. The Morgan fingerprint density at radius 3 is 3.16 bits per heavy atom. The molecule has 3 N–H and O–H groups in total. The zero-order valence-corrected chi connectivity index (χ0v) is 12.0. The lowest BCUT2D eigenvalue weighted by Gasteiger charge is -2.30. The number of nitrogen functional groups attached to an aromatic ring is 1.